The Kier molecular flexibility index (Phi) is 1.52. The van der Waals surface area contributed by atoms with E-state index in [1.54, 1.807) is 0 Å². The van der Waals surface area contributed by atoms with E-state index in [0.717, 1.165) is 0 Å². The molecule has 2 nitrogen and oxygen atoms in total. The zero-order valence-corrected chi connectivity index (χ0v) is 5.94. The molecule has 0 bridgehead atoms. The number of ether oxygens (including phenoxy) is 2. The first-order valence-electron chi connectivity index (χ1n) is 2.60. The minimum atomic E-state index is -0.410. The maximum absolute atomic E-state index is 5.19. The van der Waals surface area contributed by atoms with Crippen molar-refractivity contribution < 1.29 is 9.47 Å². The van der Waals surface area contributed by atoms with Crippen LogP contribution in [0.4, 0.5) is 0 Å². The summed E-state index contributed by atoms with van der Waals surface area (Å²) in [4.78, 5) is 0. The van der Waals surface area contributed by atoms with Gasteiger partial charge in [-0.3, -0.25) is 0 Å². The summed E-state index contributed by atoms with van der Waals surface area (Å²) in [5.74, 6) is -0.410. The minimum absolute atomic E-state index is 0.0370. The highest BCUT2D eigenvalue weighted by Gasteiger charge is 2.29. The fraction of sp³-hybridized carbons (Fsp3) is 1.00. The lowest BCUT2D eigenvalue weighted by Crippen LogP contribution is -2.19. The zero-order chi connectivity index (χ0) is 6.20. The molecule has 1 rings (SSSR count). The lowest BCUT2D eigenvalue weighted by atomic mass is 10.4. The summed E-state index contributed by atoms with van der Waals surface area (Å²) in [6.07, 6.45) is 0. The third-order valence-electron chi connectivity index (χ3n) is 0.993. The third-order valence-corrected chi connectivity index (χ3v) is 1.25. The molecule has 0 amide bonds. The fourth-order valence-electron chi connectivity index (χ4n) is 0.668. The highest BCUT2D eigenvalue weighted by molar-refractivity contribution is 7.80. The first-order valence-corrected chi connectivity index (χ1v) is 3.12. The Labute approximate surface area is 54.6 Å². The molecule has 1 fully saturated rings. The van der Waals surface area contributed by atoms with Gasteiger partial charge < -0.3 is 9.47 Å². The molecule has 1 atom stereocenters. The Morgan fingerprint density at radius 2 is 2.25 bits per heavy atom. The summed E-state index contributed by atoms with van der Waals surface area (Å²) in [5, 5.41) is 0. The largest absolute Gasteiger partial charge is 0.347 e. The first-order chi connectivity index (χ1) is 3.60. The molecule has 0 radical (unpaired) electrons. The molecule has 0 aromatic carbocycles. The lowest BCUT2D eigenvalue weighted by molar-refractivity contribution is -0.129. The van der Waals surface area contributed by atoms with E-state index in [0.29, 0.717) is 6.61 Å². The predicted octanol–water partition coefficient (Wildman–Crippen LogP) is 1.03. The molecular weight excluding hydrogens is 124 g/mol. The number of rotatable bonds is 0. The van der Waals surface area contributed by atoms with Crippen LogP contribution >= 0.6 is 12.6 Å². The summed E-state index contributed by atoms with van der Waals surface area (Å²) in [5.41, 5.74) is -0.0370. The minimum Gasteiger partial charge on any atom is -0.347 e. The van der Waals surface area contributed by atoms with Crippen molar-refractivity contribution in [2.45, 2.75) is 25.1 Å². The van der Waals surface area contributed by atoms with Crippen LogP contribution in [0.25, 0.3) is 0 Å². The molecule has 0 aromatic heterocycles. The van der Waals surface area contributed by atoms with E-state index in [1.807, 2.05) is 13.8 Å². The van der Waals surface area contributed by atoms with Crippen molar-refractivity contribution in [1.29, 1.82) is 0 Å². The highest BCUT2D eigenvalue weighted by Crippen LogP contribution is 2.23. The van der Waals surface area contributed by atoms with E-state index in [4.69, 9.17) is 9.47 Å². The molecule has 0 aliphatic carbocycles. The maximum atomic E-state index is 5.19. The molecule has 0 spiro atoms. The van der Waals surface area contributed by atoms with Crippen molar-refractivity contribution in [3.05, 3.63) is 0 Å². The summed E-state index contributed by atoms with van der Waals surface area (Å²) in [6, 6.07) is 0. The van der Waals surface area contributed by atoms with Gasteiger partial charge in [-0.2, -0.15) is 0 Å². The maximum Gasteiger partial charge on any atom is 0.164 e. The van der Waals surface area contributed by atoms with Gasteiger partial charge in [0, 0.05) is 0 Å². The van der Waals surface area contributed by atoms with E-state index >= 15 is 0 Å². The molecule has 0 N–H and O–H groups in total. The Morgan fingerprint density at radius 1 is 1.62 bits per heavy atom. The zero-order valence-electron chi connectivity index (χ0n) is 5.05. The number of thiol groups is 1. The normalized spacial score (nSPS) is 35.6. The van der Waals surface area contributed by atoms with Crippen molar-refractivity contribution in [2.75, 3.05) is 6.61 Å². The standard InChI is InChI=1S/C5H10O2S/c1-5(2)6-3-4(8)7-5/h4,8H,3H2,1-2H3/t4-/m0/s1. The van der Waals surface area contributed by atoms with E-state index < -0.39 is 5.79 Å². The molecule has 48 valence electrons. The molecule has 0 aromatic rings. The second-order valence-electron chi connectivity index (χ2n) is 2.28. The number of hydrogen-bond acceptors (Lipinski definition) is 3. The van der Waals surface area contributed by atoms with Crippen molar-refractivity contribution in [3.63, 3.8) is 0 Å². The Balaban J connectivity index is 2.44. The molecular formula is C5H10O2S. The summed E-state index contributed by atoms with van der Waals surface area (Å²) in [7, 11) is 0. The second-order valence-corrected chi connectivity index (χ2v) is 2.86. The van der Waals surface area contributed by atoms with Crippen LogP contribution in [0, 0.1) is 0 Å². The molecule has 1 saturated heterocycles. The van der Waals surface area contributed by atoms with E-state index in [-0.39, 0.29) is 5.44 Å². The van der Waals surface area contributed by atoms with Crippen LogP contribution in [0.1, 0.15) is 13.8 Å². The van der Waals surface area contributed by atoms with E-state index in [1.165, 1.54) is 0 Å². The van der Waals surface area contributed by atoms with Crippen molar-refractivity contribution >= 4 is 12.6 Å². The quantitative estimate of drug-likeness (QED) is 0.499. The Bertz CT molecular complexity index is 92.4. The van der Waals surface area contributed by atoms with Crippen molar-refractivity contribution in [2.24, 2.45) is 0 Å². The van der Waals surface area contributed by atoms with Gasteiger partial charge in [-0.25, -0.2) is 0 Å². The summed E-state index contributed by atoms with van der Waals surface area (Å²) in [6.45, 7) is 4.35. The monoisotopic (exact) mass is 134 g/mol. The van der Waals surface area contributed by atoms with Crippen LogP contribution in [0.15, 0.2) is 0 Å². The highest BCUT2D eigenvalue weighted by atomic mass is 32.1. The first kappa shape index (κ1) is 6.39. The molecule has 1 heterocycles. The van der Waals surface area contributed by atoms with Gasteiger partial charge in [-0.1, -0.05) is 0 Å². The number of hydrogen-bond donors (Lipinski definition) is 1. The van der Waals surface area contributed by atoms with E-state index in [9.17, 15) is 0 Å². The van der Waals surface area contributed by atoms with Gasteiger partial charge in [0.25, 0.3) is 0 Å². The lowest BCUT2D eigenvalue weighted by Gasteiger charge is -2.14. The van der Waals surface area contributed by atoms with Crippen LogP contribution in [0.3, 0.4) is 0 Å². The third kappa shape index (κ3) is 1.37. The SMILES string of the molecule is CC1(C)OC[C@H](S)O1. The van der Waals surface area contributed by atoms with Crippen molar-refractivity contribution in [1.82, 2.24) is 0 Å². The predicted molar refractivity (Wildman–Crippen MR) is 33.9 cm³/mol. The average molecular weight is 134 g/mol. The topological polar surface area (TPSA) is 18.5 Å². The van der Waals surface area contributed by atoms with Crippen molar-refractivity contribution in [3.8, 4) is 0 Å². The van der Waals surface area contributed by atoms with Crippen LogP contribution in [-0.2, 0) is 9.47 Å². The molecule has 0 unspecified atom stereocenters. The second kappa shape index (κ2) is 1.90. The van der Waals surface area contributed by atoms with E-state index in [2.05, 4.69) is 12.6 Å². The Morgan fingerprint density at radius 3 is 2.38 bits per heavy atom. The molecule has 0 saturated carbocycles. The van der Waals surface area contributed by atoms with Crippen LogP contribution in [-0.4, -0.2) is 17.8 Å². The van der Waals surface area contributed by atoms with Gasteiger partial charge in [0.2, 0.25) is 0 Å². The van der Waals surface area contributed by atoms with Gasteiger partial charge in [-0.05, 0) is 13.8 Å². The summed E-state index contributed by atoms with van der Waals surface area (Å²) < 4.78 is 10.3. The van der Waals surface area contributed by atoms with Crippen LogP contribution in [0.2, 0.25) is 0 Å². The van der Waals surface area contributed by atoms with Gasteiger partial charge in [-0.15, -0.1) is 12.6 Å². The Hall–Kier alpha value is 0.270. The van der Waals surface area contributed by atoms with Crippen LogP contribution in [0.5, 0.6) is 0 Å². The fourth-order valence-corrected chi connectivity index (χ4v) is 0.996. The molecule has 3 heteroatoms. The van der Waals surface area contributed by atoms with Crippen LogP contribution < -0.4 is 0 Å². The molecule has 8 heavy (non-hydrogen) atoms. The van der Waals surface area contributed by atoms with Gasteiger partial charge in [0.15, 0.2) is 5.79 Å². The van der Waals surface area contributed by atoms with Gasteiger partial charge in [0.05, 0.1) is 6.61 Å². The smallest absolute Gasteiger partial charge is 0.164 e. The molecule has 1 aliphatic heterocycles. The summed E-state index contributed by atoms with van der Waals surface area (Å²) >= 11 is 4.06. The van der Waals surface area contributed by atoms with Gasteiger partial charge >= 0.3 is 0 Å². The van der Waals surface area contributed by atoms with Gasteiger partial charge in [0.1, 0.15) is 5.44 Å². The molecule has 1 aliphatic rings. The average Bonchev–Trinajstić information content (AvgIpc) is 1.82.